The van der Waals surface area contributed by atoms with Gasteiger partial charge in [0.25, 0.3) is 0 Å². The van der Waals surface area contributed by atoms with Gasteiger partial charge in [0, 0.05) is 5.56 Å². The average molecular weight is 177 g/mol. The number of primary amides is 1. The number of nitrogens with one attached hydrogen (secondary N) is 1. The lowest BCUT2D eigenvalue weighted by Gasteiger charge is -2.00. The summed E-state index contributed by atoms with van der Waals surface area (Å²) in [6.45, 7) is 0. The van der Waals surface area contributed by atoms with Crippen LogP contribution in [0.3, 0.4) is 0 Å². The fourth-order valence-electron chi connectivity index (χ4n) is 1.00. The number of hydrogen-bond donors (Lipinski definition) is 3. The molecule has 5 N–H and O–H groups in total. The van der Waals surface area contributed by atoms with Gasteiger partial charge in [0.15, 0.2) is 0 Å². The third-order valence-electron chi connectivity index (χ3n) is 1.64. The molecule has 0 radical (unpaired) electrons. The molecule has 0 atom stereocenters. The minimum atomic E-state index is -0.365. The maximum Gasteiger partial charge on any atom is 0.221 e. The van der Waals surface area contributed by atoms with E-state index in [4.69, 9.17) is 16.9 Å². The first-order valence-corrected chi connectivity index (χ1v) is 3.81. The molecule has 13 heavy (non-hydrogen) atoms. The third kappa shape index (κ3) is 2.59. The number of nitrogen functional groups attached to an aromatic ring is 1. The number of carbonyl (C=O) groups is 1. The predicted molar refractivity (Wildman–Crippen MR) is 50.4 cm³/mol. The van der Waals surface area contributed by atoms with Crippen LogP contribution >= 0.6 is 0 Å². The van der Waals surface area contributed by atoms with Gasteiger partial charge in [-0.25, -0.2) is 0 Å². The molecule has 0 spiro atoms. The van der Waals surface area contributed by atoms with E-state index < -0.39 is 0 Å². The number of amidine groups is 1. The summed E-state index contributed by atoms with van der Waals surface area (Å²) in [6, 6.07) is 6.87. The van der Waals surface area contributed by atoms with E-state index in [2.05, 4.69) is 0 Å². The summed E-state index contributed by atoms with van der Waals surface area (Å²) < 4.78 is 0. The highest BCUT2D eigenvalue weighted by atomic mass is 16.1. The summed E-state index contributed by atoms with van der Waals surface area (Å²) in [5.74, 6) is -0.346. The predicted octanol–water partition coefficient (Wildman–Crippen LogP) is -0.00153. The van der Waals surface area contributed by atoms with E-state index in [0.29, 0.717) is 5.56 Å². The number of amides is 1. The summed E-state index contributed by atoms with van der Waals surface area (Å²) in [5.41, 5.74) is 11.8. The van der Waals surface area contributed by atoms with Crippen molar-refractivity contribution in [1.29, 1.82) is 5.41 Å². The smallest absolute Gasteiger partial charge is 0.221 e. The highest BCUT2D eigenvalue weighted by Gasteiger charge is 1.99. The molecular weight excluding hydrogens is 166 g/mol. The number of carbonyl (C=O) groups excluding carboxylic acids is 1. The lowest BCUT2D eigenvalue weighted by atomic mass is 10.1. The molecule has 0 fully saturated rings. The molecule has 0 aromatic heterocycles. The van der Waals surface area contributed by atoms with Crippen LogP contribution in [0.1, 0.15) is 11.1 Å². The van der Waals surface area contributed by atoms with Gasteiger partial charge in [0.1, 0.15) is 5.84 Å². The molecule has 0 bridgehead atoms. The maximum atomic E-state index is 10.5. The van der Waals surface area contributed by atoms with Gasteiger partial charge in [-0.15, -0.1) is 0 Å². The van der Waals surface area contributed by atoms with Gasteiger partial charge in [0.2, 0.25) is 5.91 Å². The number of rotatable bonds is 3. The molecule has 68 valence electrons. The van der Waals surface area contributed by atoms with Gasteiger partial charge in [-0.05, 0) is 5.56 Å². The summed E-state index contributed by atoms with van der Waals surface area (Å²) in [5, 5.41) is 7.13. The monoisotopic (exact) mass is 177 g/mol. The summed E-state index contributed by atoms with van der Waals surface area (Å²) in [6.07, 6.45) is 0.220. The van der Waals surface area contributed by atoms with Crippen LogP contribution in [0, 0.1) is 5.41 Å². The molecular formula is C9H11N3O. The van der Waals surface area contributed by atoms with Crippen LogP contribution in [-0.4, -0.2) is 11.7 Å². The number of hydrogen-bond acceptors (Lipinski definition) is 2. The summed E-state index contributed by atoms with van der Waals surface area (Å²) in [4.78, 5) is 10.5. The van der Waals surface area contributed by atoms with Crippen LogP contribution in [-0.2, 0) is 11.2 Å². The second-order valence-corrected chi connectivity index (χ2v) is 2.75. The quantitative estimate of drug-likeness (QED) is 0.447. The SMILES string of the molecule is N=C(N)c1ccc(CC(N)=O)cc1. The lowest BCUT2D eigenvalue weighted by Crippen LogP contribution is -2.14. The number of nitrogens with two attached hydrogens (primary N) is 2. The van der Waals surface area contributed by atoms with E-state index >= 15 is 0 Å². The maximum absolute atomic E-state index is 10.5. The molecule has 0 aliphatic carbocycles. The molecule has 1 rings (SSSR count). The Bertz CT molecular complexity index is 329. The van der Waals surface area contributed by atoms with Crippen LogP contribution in [0.15, 0.2) is 24.3 Å². The van der Waals surface area contributed by atoms with E-state index in [9.17, 15) is 4.79 Å². The Labute approximate surface area is 76.1 Å². The van der Waals surface area contributed by atoms with Gasteiger partial charge in [-0.2, -0.15) is 0 Å². The molecule has 1 aromatic rings. The van der Waals surface area contributed by atoms with Crippen molar-refractivity contribution in [3.63, 3.8) is 0 Å². The van der Waals surface area contributed by atoms with Gasteiger partial charge in [-0.3, -0.25) is 10.2 Å². The lowest BCUT2D eigenvalue weighted by molar-refractivity contribution is -0.117. The summed E-state index contributed by atoms with van der Waals surface area (Å²) in [7, 11) is 0. The molecule has 1 amide bonds. The van der Waals surface area contributed by atoms with Gasteiger partial charge < -0.3 is 11.5 Å². The highest BCUT2D eigenvalue weighted by molar-refractivity contribution is 5.95. The molecule has 1 aromatic carbocycles. The number of benzene rings is 1. The zero-order valence-corrected chi connectivity index (χ0v) is 7.08. The zero-order valence-electron chi connectivity index (χ0n) is 7.08. The zero-order chi connectivity index (χ0) is 9.84. The first kappa shape index (κ1) is 9.25. The van der Waals surface area contributed by atoms with E-state index in [0.717, 1.165) is 5.56 Å². The third-order valence-corrected chi connectivity index (χ3v) is 1.64. The van der Waals surface area contributed by atoms with Crippen LogP contribution in [0.25, 0.3) is 0 Å². The van der Waals surface area contributed by atoms with Crippen LogP contribution < -0.4 is 11.5 Å². The van der Waals surface area contributed by atoms with E-state index in [-0.39, 0.29) is 18.2 Å². The Hall–Kier alpha value is -1.84. The first-order valence-electron chi connectivity index (χ1n) is 3.81. The topological polar surface area (TPSA) is 93.0 Å². The van der Waals surface area contributed by atoms with Gasteiger partial charge in [0.05, 0.1) is 6.42 Å². The van der Waals surface area contributed by atoms with E-state index in [1.807, 2.05) is 0 Å². The average Bonchev–Trinajstić information content (AvgIpc) is 2.04. The molecule has 0 saturated heterocycles. The van der Waals surface area contributed by atoms with Crippen molar-refractivity contribution in [3.05, 3.63) is 35.4 Å². The minimum Gasteiger partial charge on any atom is -0.384 e. The Balaban J connectivity index is 2.81. The Kier molecular flexibility index (Phi) is 2.64. The van der Waals surface area contributed by atoms with Crippen LogP contribution in [0.4, 0.5) is 0 Å². The van der Waals surface area contributed by atoms with Crippen molar-refractivity contribution in [1.82, 2.24) is 0 Å². The second kappa shape index (κ2) is 3.71. The fraction of sp³-hybridized carbons (Fsp3) is 0.111. The van der Waals surface area contributed by atoms with Crippen LogP contribution in [0.2, 0.25) is 0 Å². The van der Waals surface area contributed by atoms with Crippen molar-refractivity contribution in [3.8, 4) is 0 Å². The van der Waals surface area contributed by atoms with Gasteiger partial charge >= 0.3 is 0 Å². The van der Waals surface area contributed by atoms with Crippen molar-refractivity contribution in [2.45, 2.75) is 6.42 Å². The van der Waals surface area contributed by atoms with E-state index in [1.165, 1.54) is 0 Å². The fourth-order valence-corrected chi connectivity index (χ4v) is 1.00. The van der Waals surface area contributed by atoms with Crippen molar-refractivity contribution in [2.24, 2.45) is 11.5 Å². The molecule has 0 aliphatic rings. The first-order chi connectivity index (χ1) is 6.09. The van der Waals surface area contributed by atoms with Crippen molar-refractivity contribution in [2.75, 3.05) is 0 Å². The highest BCUT2D eigenvalue weighted by Crippen LogP contribution is 2.03. The molecule has 4 nitrogen and oxygen atoms in total. The molecule has 0 saturated carbocycles. The summed E-state index contributed by atoms with van der Waals surface area (Å²) >= 11 is 0. The van der Waals surface area contributed by atoms with Crippen molar-refractivity contribution < 1.29 is 4.79 Å². The Morgan fingerprint density at radius 3 is 2.15 bits per heavy atom. The molecule has 0 heterocycles. The molecule has 0 unspecified atom stereocenters. The standard InChI is InChI=1S/C9H11N3O/c10-8(13)5-6-1-3-7(4-2-6)9(11)12/h1-4H,5H2,(H2,10,13)(H3,11,12). The molecule has 0 aliphatic heterocycles. The Morgan fingerprint density at radius 2 is 1.77 bits per heavy atom. The normalized spacial score (nSPS) is 9.54. The largest absolute Gasteiger partial charge is 0.384 e. The van der Waals surface area contributed by atoms with Crippen molar-refractivity contribution >= 4 is 11.7 Å². The van der Waals surface area contributed by atoms with Gasteiger partial charge in [-0.1, -0.05) is 24.3 Å². The van der Waals surface area contributed by atoms with E-state index in [1.54, 1.807) is 24.3 Å². The second-order valence-electron chi connectivity index (χ2n) is 2.75. The van der Waals surface area contributed by atoms with Crippen LogP contribution in [0.5, 0.6) is 0 Å². The Morgan fingerprint density at radius 1 is 1.23 bits per heavy atom. The minimum absolute atomic E-state index is 0.0191. The molecule has 4 heteroatoms.